The zero-order valence-corrected chi connectivity index (χ0v) is 20.0. The summed E-state index contributed by atoms with van der Waals surface area (Å²) in [6.07, 6.45) is 1.98. The van der Waals surface area contributed by atoms with Gasteiger partial charge in [-0.1, -0.05) is 39.5 Å². The fourth-order valence-corrected chi connectivity index (χ4v) is 4.00. The average molecular weight is 448 g/mol. The smallest absolute Gasteiger partial charge is 0.337 e. The molecule has 0 bridgehead atoms. The molecule has 170 valence electrons. The fraction of sp³-hybridized carbons (Fsp3) is 0.565. The van der Waals surface area contributed by atoms with Crippen molar-refractivity contribution in [2.75, 3.05) is 12.9 Å². The summed E-state index contributed by atoms with van der Waals surface area (Å²) in [5.41, 5.74) is 0.570. The number of nitrogens with one attached hydrogen (secondary N) is 1. The van der Waals surface area contributed by atoms with E-state index in [-0.39, 0.29) is 29.2 Å². The topological polar surface area (TPSA) is 90.3 Å². The second kappa shape index (κ2) is 11.3. The number of thioether (sulfide) groups is 1. The molecule has 1 amide bonds. The minimum Gasteiger partial charge on any atom is -0.465 e. The average Bonchev–Trinajstić information content (AvgIpc) is 2.71. The number of fused-ring (bicyclic) bond motifs is 1. The molecule has 2 rings (SSSR count). The Labute approximate surface area is 188 Å². The van der Waals surface area contributed by atoms with Gasteiger partial charge in [-0.15, -0.1) is 0 Å². The molecular weight excluding hydrogens is 414 g/mol. The lowest BCUT2D eigenvalue weighted by molar-refractivity contribution is -0.119. The lowest BCUT2D eigenvalue weighted by atomic mass is 10.0. The molecule has 7 nitrogen and oxygen atoms in total. The van der Waals surface area contributed by atoms with E-state index in [0.29, 0.717) is 34.1 Å². The molecule has 0 aliphatic carbocycles. The largest absolute Gasteiger partial charge is 0.465 e. The quantitative estimate of drug-likeness (QED) is 0.338. The van der Waals surface area contributed by atoms with Crippen molar-refractivity contribution in [1.29, 1.82) is 0 Å². The maximum Gasteiger partial charge on any atom is 0.337 e. The molecule has 0 saturated heterocycles. The van der Waals surface area contributed by atoms with Crippen LogP contribution in [0.3, 0.4) is 0 Å². The summed E-state index contributed by atoms with van der Waals surface area (Å²) in [6.45, 7) is 10.9. The molecule has 0 spiro atoms. The molecule has 0 unspecified atom stereocenters. The van der Waals surface area contributed by atoms with Gasteiger partial charge in [-0.25, -0.2) is 9.78 Å². The van der Waals surface area contributed by atoms with Crippen molar-refractivity contribution in [3.05, 3.63) is 34.1 Å². The summed E-state index contributed by atoms with van der Waals surface area (Å²) in [4.78, 5) is 42.0. The van der Waals surface area contributed by atoms with Gasteiger partial charge < -0.3 is 10.1 Å². The number of aromatic nitrogens is 2. The van der Waals surface area contributed by atoms with Crippen LogP contribution >= 0.6 is 11.8 Å². The molecule has 0 aliphatic heterocycles. The van der Waals surface area contributed by atoms with Crippen LogP contribution in [0.2, 0.25) is 0 Å². The van der Waals surface area contributed by atoms with E-state index in [9.17, 15) is 14.4 Å². The minimum absolute atomic E-state index is 0.0880. The van der Waals surface area contributed by atoms with Crippen LogP contribution in [0.15, 0.2) is 28.2 Å². The van der Waals surface area contributed by atoms with Gasteiger partial charge in [0.15, 0.2) is 5.16 Å². The van der Waals surface area contributed by atoms with Crippen LogP contribution < -0.4 is 10.9 Å². The summed E-state index contributed by atoms with van der Waals surface area (Å²) < 4.78 is 6.38. The number of benzene rings is 1. The molecule has 31 heavy (non-hydrogen) atoms. The van der Waals surface area contributed by atoms with Crippen molar-refractivity contribution in [3.63, 3.8) is 0 Å². The van der Waals surface area contributed by atoms with Crippen LogP contribution in [0.25, 0.3) is 10.9 Å². The van der Waals surface area contributed by atoms with Gasteiger partial charge in [-0.3, -0.25) is 14.2 Å². The highest BCUT2D eigenvalue weighted by Gasteiger charge is 2.17. The number of hydrogen-bond donors (Lipinski definition) is 1. The number of rotatable bonds is 10. The van der Waals surface area contributed by atoms with Crippen molar-refractivity contribution in [1.82, 2.24) is 14.9 Å². The normalized spacial score (nSPS) is 12.4. The Bertz CT molecular complexity index is 985. The second-order valence-corrected chi connectivity index (χ2v) is 9.60. The fourth-order valence-electron chi connectivity index (χ4n) is 3.18. The third kappa shape index (κ3) is 7.09. The first-order chi connectivity index (χ1) is 14.6. The van der Waals surface area contributed by atoms with Gasteiger partial charge in [0.25, 0.3) is 5.56 Å². The van der Waals surface area contributed by atoms with Crippen LogP contribution in [-0.2, 0) is 16.1 Å². The van der Waals surface area contributed by atoms with Gasteiger partial charge >= 0.3 is 5.97 Å². The zero-order chi connectivity index (χ0) is 23.1. The van der Waals surface area contributed by atoms with Gasteiger partial charge in [-0.2, -0.15) is 0 Å². The number of ether oxygens (including phenoxy) is 1. The molecule has 0 radical (unpaired) electrons. The Balaban J connectivity index is 2.27. The molecule has 8 heteroatoms. The van der Waals surface area contributed by atoms with E-state index in [1.807, 2.05) is 20.8 Å². The molecule has 1 aromatic heterocycles. The van der Waals surface area contributed by atoms with Crippen molar-refractivity contribution in [3.8, 4) is 0 Å². The number of methoxy groups -OCH3 is 1. The van der Waals surface area contributed by atoms with E-state index in [1.165, 1.54) is 18.9 Å². The SMILES string of the molecule is COC(=O)c1ccc2c(=O)n(CC(C)C)c(SCC(=O)N[C@H](C)CCC(C)C)nc2c1. The first-order valence-corrected chi connectivity index (χ1v) is 11.7. The number of nitrogens with zero attached hydrogens (tertiary/aromatic N) is 2. The molecule has 2 aromatic rings. The zero-order valence-electron chi connectivity index (χ0n) is 19.2. The van der Waals surface area contributed by atoms with Crippen molar-refractivity contribution in [2.45, 2.75) is 65.2 Å². The standard InChI is InChI=1S/C23H33N3O4S/c1-14(2)7-8-16(5)24-20(27)13-31-23-25-19-11-17(22(29)30-6)9-10-18(19)21(28)26(23)12-15(3)4/h9-11,14-16H,7-8,12-13H2,1-6H3,(H,24,27)/t16-/m1/s1. The third-order valence-electron chi connectivity index (χ3n) is 4.81. The van der Waals surface area contributed by atoms with Crippen molar-refractivity contribution in [2.24, 2.45) is 11.8 Å². The Morgan fingerprint density at radius 3 is 2.45 bits per heavy atom. The Morgan fingerprint density at radius 2 is 1.84 bits per heavy atom. The molecule has 1 atom stereocenters. The highest BCUT2D eigenvalue weighted by atomic mass is 32.2. The number of carbonyl (C=O) groups excluding carboxylic acids is 2. The number of amides is 1. The highest BCUT2D eigenvalue weighted by Crippen LogP contribution is 2.20. The molecule has 1 aromatic carbocycles. The number of hydrogen-bond acceptors (Lipinski definition) is 6. The lowest BCUT2D eigenvalue weighted by Gasteiger charge is -2.17. The first-order valence-electron chi connectivity index (χ1n) is 10.7. The summed E-state index contributed by atoms with van der Waals surface area (Å²) in [7, 11) is 1.31. The molecule has 0 saturated carbocycles. The van der Waals surface area contributed by atoms with Crippen LogP contribution in [0.1, 0.15) is 57.8 Å². The van der Waals surface area contributed by atoms with Crippen LogP contribution in [0.4, 0.5) is 0 Å². The molecule has 1 N–H and O–H groups in total. The lowest BCUT2D eigenvalue weighted by Crippen LogP contribution is -2.34. The van der Waals surface area contributed by atoms with Crippen molar-refractivity contribution >= 4 is 34.5 Å². The van der Waals surface area contributed by atoms with E-state index >= 15 is 0 Å². The summed E-state index contributed by atoms with van der Waals surface area (Å²) in [5.74, 6) is 0.416. The van der Waals surface area contributed by atoms with E-state index in [0.717, 1.165) is 12.8 Å². The van der Waals surface area contributed by atoms with Gasteiger partial charge in [0.05, 0.1) is 29.3 Å². The summed E-state index contributed by atoms with van der Waals surface area (Å²) in [5, 5.41) is 3.92. The molecule has 1 heterocycles. The van der Waals surface area contributed by atoms with Crippen LogP contribution in [0.5, 0.6) is 0 Å². The predicted octanol–water partition coefficient (Wildman–Crippen LogP) is 3.87. The Hall–Kier alpha value is -2.35. The maximum absolute atomic E-state index is 13.1. The van der Waals surface area contributed by atoms with E-state index in [2.05, 4.69) is 24.1 Å². The Kier molecular flexibility index (Phi) is 9.10. The maximum atomic E-state index is 13.1. The molecular formula is C23H33N3O4S. The molecule has 0 fully saturated rings. The number of carbonyl (C=O) groups is 2. The van der Waals surface area contributed by atoms with Crippen molar-refractivity contribution < 1.29 is 14.3 Å². The summed E-state index contributed by atoms with van der Waals surface area (Å²) >= 11 is 1.24. The third-order valence-corrected chi connectivity index (χ3v) is 5.78. The highest BCUT2D eigenvalue weighted by molar-refractivity contribution is 7.99. The first kappa shape index (κ1) is 24.9. The van der Waals surface area contributed by atoms with Crippen LogP contribution in [0, 0.1) is 11.8 Å². The van der Waals surface area contributed by atoms with Gasteiger partial charge in [0.1, 0.15) is 0 Å². The van der Waals surface area contributed by atoms with Gasteiger partial charge in [0, 0.05) is 12.6 Å². The van der Waals surface area contributed by atoms with Gasteiger partial charge in [0.2, 0.25) is 5.91 Å². The van der Waals surface area contributed by atoms with Crippen LogP contribution in [-0.4, -0.2) is 40.3 Å². The number of esters is 1. The minimum atomic E-state index is -0.487. The summed E-state index contributed by atoms with van der Waals surface area (Å²) in [6, 6.07) is 4.82. The monoisotopic (exact) mass is 447 g/mol. The second-order valence-electron chi connectivity index (χ2n) is 8.66. The molecule has 0 aliphatic rings. The van der Waals surface area contributed by atoms with Gasteiger partial charge in [-0.05, 0) is 49.8 Å². The van der Waals surface area contributed by atoms with E-state index in [4.69, 9.17) is 4.74 Å². The van der Waals surface area contributed by atoms with E-state index in [1.54, 1.807) is 22.8 Å². The Morgan fingerprint density at radius 1 is 1.13 bits per heavy atom. The predicted molar refractivity (Wildman–Crippen MR) is 125 cm³/mol. The van der Waals surface area contributed by atoms with E-state index < -0.39 is 5.97 Å².